The molecule has 1 amide bonds. The van der Waals surface area contributed by atoms with E-state index in [9.17, 15) is 4.79 Å². The molecule has 96 valence electrons. The number of nitrogens with one attached hydrogen (secondary N) is 1. The second-order valence-electron chi connectivity index (χ2n) is 4.25. The number of rotatable bonds is 3. The molecule has 0 saturated carbocycles. The molecular formula is C14H13N3OS. The fraction of sp³-hybridized carbons (Fsp3) is 0.143. The molecule has 19 heavy (non-hydrogen) atoms. The third-order valence-corrected chi connectivity index (χ3v) is 3.85. The van der Waals surface area contributed by atoms with Gasteiger partial charge in [-0.15, -0.1) is 11.3 Å². The minimum absolute atomic E-state index is 0.134. The highest BCUT2D eigenvalue weighted by Gasteiger charge is 2.15. The summed E-state index contributed by atoms with van der Waals surface area (Å²) < 4.78 is 1.73. The summed E-state index contributed by atoms with van der Waals surface area (Å²) >= 11 is 1.63. The average molecular weight is 271 g/mol. The fourth-order valence-electron chi connectivity index (χ4n) is 2.05. The van der Waals surface area contributed by atoms with Crippen LogP contribution in [0, 0.1) is 0 Å². The molecule has 0 aliphatic heterocycles. The van der Waals surface area contributed by atoms with Gasteiger partial charge in [-0.1, -0.05) is 24.3 Å². The molecule has 0 aliphatic rings. The number of benzene rings is 1. The molecule has 1 N–H and O–H groups in total. The van der Waals surface area contributed by atoms with Gasteiger partial charge in [0, 0.05) is 17.3 Å². The molecular weight excluding hydrogens is 258 g/mol. The van der Waals surface area contributed by atoms with E-state index < -0.39 is 0 Å². The Hall–Kier alpha value is -2.14. The van der Waals surface area contributed by atoms with Crippen LogP contribution in [0.4, 0.5) is 0 Å². The van der Waals surface area contributed by atoms with Crippen LogP contribution in [-0.4, -0.2) is 15.7 Å². The third kappa shape index (κ3) is 2.24. The highest BCUT2D eigenvalue weighted by Crippen LogP contribution is 2.17. The Kier molecular flexibility index (Phi) is 3.05. The van der Waals surface area contributed by atoms with Gasteiger partial charge in [0.2, 0.25) is 0 Å². The van der Waals surface area contributed by atoms with Crippen LogP contribution in [-0.2, 0) is 13.6 Å². The Labute approximate surface area is 114 Å². The number of nitrogens with zero attached hydrogens (tertiary/aromatic N) is 2. The third-order valence-electron chi connectivity index (χ3n) is 2.98. The maximum atomic E-state index is 12.2. The molecule has 2 aromatic heterocycles. The van der Waals surface area contributed by atoms with Gasteiger partial charge in [-0.25, -0.2) is 0 Å². The summed E-state index contributed by atoms with van der Waals surface area (Å²) in [5.41, 5.74) is 1.44. The van der Waals surface area contributed by atoms with Gasteiger partial charge < -0.3 is 5.32 Å². The van der Waals surface area contributed by atoms with E-state index in [1.54, 1.807) is 16.0 Å². The van der Waals surface area contributed by atoms with E-state index >= 15 is 0 Å². The minimum Gasteiger partial charge on any atom is -0.346 e. The van der Waals surface area contributed by atoms with Crippen LogP contribution in [0.15, 0.2) is 41.8 Å². The van der Waals surface area contributed by atoms with Crippen molar-refractivity contribution in [1.82, 2.24) is 15.1 Å². The van der Waals surface area contributed by atoms with Crippen LogP contribution >= 0.6 is 11.3 Å². The van der Waals surface area contributed by atoms with Gasteiger partial charge in [0.25, 0.3) is 5.91 Å². The van der Waals surface area contributed by atoms with E-state index in [0.29, 0.717) is 12.2 Å². The predicted molar refractivity (Wildman–Crippen MR) is 76.2 cm³/mol. The number of amides is 1. The van der Waals surface area contributed by atoms with Crippen LogP contribution < -0.4 is 5.32 Å². The number of para-hydroxylation sites is 1. The molecule has 0 fully saturated rings. The van der Waals surface area contributed by atoms with E-state index in [-0.39, 0.29) is 5.91 Å². The van der Waals surface area contributed by atoms with Gasteiger partial charge >= 0.3 is 0 Å². The predicted octanol–water partition coefficient (Wildman–Crippen LogP) is 2.56. The second kappa shape index (κ2) is 4.85. The Morgan fingerprint density at radius 3 is 2.95 bits per heavy atom. The molecule has 0 saturated heterocycles. The lowest BCUT2D eigenvalue weighted by Gasteiger charge is -2.01. The zero-order valence-corrected chi connectivity index (χ0v) is 11.3. The zero-order chi connectivity index (χ0) is 13.2. The van der Waals surface area contributed by atoms with Gasteiger partial charge in [-0.05, 0) is 17.5 Å². The van der Waals surface area contributed by atoms with E-state index in [0.717, 1.165) is 15.8 Å². The molecule has 0 atom stereocenters. The molecule has 3 rings (SSSR count). The molecule has 0 unspecified atom stereocenters. The number of carbonyl (C=O) groups is 1. The lowest BCUT2D eigenvalue weighted by Crippen LogP contribution is -2.23. The number of hydrogen-bond donors (Lipinski definition) is 1. The fourth-order valence-corrected chi connectivity index (χ4v) is 2.69. The number of thiophene rings is 1. The summed E-state index contributed by atoms with van der Waals surface area (Å²) in [4.78, 5) is 13.3. The van der Waals surface area contributed by atoms with E-state index in [4.69, 9.17) is 0 Å². The summed E-state index contributed by atoms with van der Waals surface area (Å²) in [7, 11) is 1.85. The Balaban J connectivity index is 1.85. The van der Waals surface area contributed by atoms with Crippen molar-refractivity contribution in [2.45, 2.75) is 6.54 Å². The van der Waals surface area contributed by atoms with Crippen molar-refractivity contribution in [3.63, 3.8) is 0 Å². The highest BCUT2D eigenvalue weighted by molar-refractivity contribution is 7.09. The molecule has 3 aromatic rings. The second-order valence-corrected chi connectivity index (χ2v) is 5.28. The van der Waals surface area contributed by atoms with Crippen LogP contribution in [0.2, 0.25) is 0 Å². The maximum Gasteiger partial charge on any atom is 0.272 e. The van der Waals surface area contributed by atoms with Gasteiger partial charge in [0.15, 0.2) is 5.69 Å². The Morgan fingerprint density at radius 2 is 2.16 bits per heavy atom. The summed E-state index contributed by atoms with van der Waals surface area (Å²) in [6.07, 6.45) is 0. The Bertz CT molecular complexity index is 715. The number of aryl methyl sites for hydroxylation is 1. The first kappa shape index (κ1) is 11.9. The summed E-state index contributed by atoms with van der Waals surface area (Å²) in [5.74, 6) is -0.134. The van der Waals surface area contributed by atoms with Crippen molar-refractivity contribution < 1.29 is 4.79 Å². The van der Waals surface area contributed by atoms with Gasteiger partial charge in [-0.2, -0.15) is 5.10 Å². The quantitative estimate of drug-likeness (QED) is 0.796. The molecule has 2 heterocycles. The van der Waals surface area contributed by atoms with Crippen LogP contribution in [0.3, 0.4) is 0 Å². The first-order chi connectivity index (χ1) is 9.25. The van der Waals surface area contributed by atoms with E-state index in [2.05, 4.69) is 10.4 Å². The monoisotopic (exact) mass is 271 g/mol. The molecule has 0 aliphatic carbocycles. The van der Waals surface area contributed by atoms with Crippen molar-refractivity contribution >= 4 is 28.1 Å². The minimum atomic E-state index is -0.134. The van der Waals surface area contributed by atoms with Crippen molar-refractivity contribution in [1.29, 1.82) is 0 Å². The molecule has 0 radical (unpaired) electrons. The lowest BCUT2D eigenvalue weighted by molar-refractivity contribution is 0.0947. The molecule has 0 spiro atoms. The standard InChI is InChI=1S/C14H13N3OS/c1-17-12-7-3-2-6-11(12)13(16-17)14(18)15-9-10-5-4-8-19-10/h2-8H,9H2,1H3,(H,15,18). The van der Waals surface area contributed by atoms with E-state index in [1.165, 1.54) is 0 Å². The number of carbonyl (C=O) groups excluding carboxylic acids is 1. The van der Waals surface area contributed by atoms with Gasteiger partial charge in [0.05, 0.1) is 12.1 Å². The van der Waals surface area contributed by atoms with Crippen molar-refractivity contribution in [3.05, 3.63) is 52.3 Å². The summed E-state index contributed by atoms with van der Waals surface area (Å²) in [5, 5.41) is 10.1. The number of aromatic nitrogens is 2. The van der Waals surface area contributed by atoms with Crippen LogP contribution in [0.25, 0.3) is 10.9 Å². The summed E-state index contributed by atoms with van der Waals surface area (Å²) in [6.45, 7) is 0.543. The molecule has 1 aromatic carbocycles. The zero-order valence-electron chi connectivity index (χ0n) is 10.5. The normalized spacial score (nSPS) is 10.8. The SMILES string of the molecule is Cn1nc(C(=O)NCc2cccs2)c2ccccc21. The average Bonchev–Trinajstić information content (AvgIpc) is 3.05. The smallest absolute Gasteiger partial charge is 0.272 e. The topological polar surface area (TPSA) is 46.9 Å². The number of fused-ring (bicyclic) bond motifs is 1. The first-order valence-corrected chi connectivity index (χ1v) is 6.86. The van der Waals surface area contributed by atoms with Crippen molar-refractivity contribution in [2.75, 3.05) is 0 Å². The van der Waals surface area contributed by atoms with E-state index in [1.807, 2.05) is 48.8 Å². The highest BCUT2D eigenvalue weighted by atomic mass is 32.1. The van der Waals surface area contributed by atoms with Crippen molar-refractivity contribution in [2.24, 2.45) is 7.05 Å². The molecule has 0 bridgehead atoms. The Morgan fingerprint density at radius 1 is 1.32 bits per heavy atom. The number of hydrogen-bond acceptors (Lipinski definition) is 3. The first-order valence-electron chi connectivity index (χ1n) is 5.98. The van der Waals surface area contributed by atoms with Gasteiger partial charge in [-0.3, -0.25) is 9.48 Å². The largest absolute Gasteiger partial charge is 0.346 e. The van der Waals surface area contributed by atoms with Crippen LogP contribution in [0.5, 0.6) is 0 Å². The van der Waals surface area contributed by atoms with Gasteiger partial charge in [0.1, 0.15) is 0 Å². The molecule has 4 nitrogen and oxygen atoms in total. The maximum absolute atomic E-state index is 12.2. The van der Waals surface area contributed by atoms with Crippen molar-refractivity contribution in [3.8, 4) is 0 Å². The van der Waals surface area contributed by atoms with Crippen LogP contribution in [0.1, 0.15) is 15.4 Å². The molecule has 5 heteroatoms. The lowest BCUT2D eigenvalue weighted by atomic mass is 10.2. The summed E-state index contributed by atoms with van der Waals surface area (Å²) in [6, 6.07) is 11.7.